The minimum Gasteiger partial charge on any atom is -0.379 e. The summed E-state index contributed by atoms with van der Waals surface area (Å²) < 4.78 is 32.1. The van der Waals surface area contributed by atoms with Crippen molar-refractivity contribution in [2.24, 2.45) is 0 Å². The highest BCUT2D eigenvalue weighted by Gasteiger charge is 2.27. The van der Waals surface area contributed by atoms with E-state index in [4.69, 9.17) is 4.74 Å². The molecule has 28 heavy (non-hydrogen) atoms. The lowest BCUT2D eigenvalue weighted by Gasteiger charge is -2.27. The number of thiophene rings is 1. The number of anilines is 1. The molecule has 2 aliphatic heterocycles. The van der Waals surface area contributed by atoms with Crippen LogP contribution in [0.4, 0.5) is 5.82 Å². The molecule has 4 rings (SSSR count). The summed E-state index contributed by atoms with van der Waals surface area (Å²) in [5, 5.41) is 5.51. The lowest BCUT2D eigenvalue weighted by Crippen LogP contribution is -2.40. The molecule has 2 saturated heterocycles. The molecule has 0 aliphatic carbocycles. The standard InChI is InChI=1S/C19H26N4O3S2/c24-28(25,23-9-11-26-12-10-23)16-5-6-19(20-14-16)21-15-17(18-4-3-13-27-18)22-7-1-2-8-22/h3-6,13-14,17H,1-2,7-12,15H2,(H,20,21). The van der Waals surface area contributed by atoms with Crippen LogP contribution in [0.15, 0.2) is 40.7 Å². The van der Waals surface area contributed by atoms with Gasteiger partial charge in [0, 0.05) is 30.7 Å². The number of ether oxygens (including phenoxy) is 1. The fourth-order valence-electron chi connectivity index (χ4n) is 3.72. The first kappa shape index (κ1) is 19.8. The SMILES string of the molecule is O=S(=O)(c1ccc(NCC(c2cccs2)N2CCCC2)nc1)N1CCOCC1. The summed E-state index contributed by atoms with van der Waals surface area (Å²) in [7, 11) is -3.50. The molecule has 2 aromatic heterocycles. The lowest BCUT2D eigenvalue weighted by molar-refractivity contribution is 0.0730. The maximum Gasteiger partial charge on any atom is 0.244 e. The first-order valence-electron chi connectivity index (χ1n) is 9.70. The average molecular weight is 423 g/mol. The number of hydrogen-bond acceptors (Lipinski definition) is 7. The van der Waals surface area contributed by atoms with E-state index in [0.29, 0.717) is 38.2 Å². The molecule has 4 heterocycles. The molecule has 152 valence electrons. The van der Waals surface area contributed by atoms with Crippen LogP contribution >= 0.6 is 11.3 Å². The minimum atomic E-state index is -3.50. The summed E-state index contributed by atoms with van der Waals surface area (Å²) in [6, 6.07) is 7.98. The fourth-order valence-corrected chi connectivity index (χ4v) is 5.93. The zero-order valence-electron chi connectivity index (χ0n) is 15.8. The average Bonchev–Trinajstić information content (AvgIpc) is 3.44. The molecular weight excluding hydrogens is 396 g/mol. The second kappa shape index (κ2) is 8.87. The van der Waals surface area contributed by atoms with Crippen molar-refractivity contribution < 1.29 is 13.2 Å². The van der Waals surface area contributed by atoms with Crippen LogP contribution in [-0.2, 0) is 14.8 Å². The number of nitrogens with one attached hydrogen (secondary N) is 1. The number of rotatable bonds is 7. The summed E-state index contributed by atoms with van der Waals surface area (Å²) in [5.41, 5.74) is 0. The van der Waals surface area contributed by atoms with Gasteiger partial charge in [-0.1, -0.05) is 6.07 Å². The Hall–Kier alpha value is -1.52. The summed E-state index contributed by atoms with van der Waals surface area (Å²) >= 11 is 1.78. The van der Waals surface area contributed by atoms with Crippen LogP contribution in [0.1, 0.15) is 23.8 Å². The molecule has 0 amide bonds. The van der Waals surface area contributed by atoms with Crippen LogP contribution < -0.4 is 5.32 Å². The molecule has 1 unspecified atom stereocenters. The van der Waals surface area contributed by atoms with Gasteiger partial charge in [-0.15, -0.1) is 11.3 Å². The first-order chi connectivity index (χ1) is 13.6. The largest absolute Gasteiger partial charge is 0.379 e. The Morgan fingerprint density at radius 1 is 1.14 bits per heavy atom. The van der Waals surface area contributed by atoms with E-state index in [0.717, 1.165) is 19.6 Å². The van der Waals surface area contributed by atoms with E-state index >= 15 is 0 Å². The molecule has 7 nitrogen and oxygen atoms in total. The van der Waals surface area contributed by atoms with Crippen LogP contribution in [0, 0.1) is 0 Å². The number of aromatic nitrogens is 1. The van der Waals surface area contributed by atoms with Gasteiger partial charge in [0.1, 0.15) is 10.7 Å². The Balaban J connectivity index is 1.42. The zero-order valence-corrected chi connectivity index (χ0v) is 17.4. The van der Waals surface area contributed by atoms with Gasteiger partial charge in [-0.25, -0.2) is 13.4 Å². The van der Waals surface area contributed by atoms with E-state index in [9.17, 15) is 8.42 Å². The third-order valence-electron chi connectivity index (χ3n) is 5.27. The van der Waals surface area contributed by atoms with Crippen LogP contribution in [0.2, 0.25) is 0 Å². The van der Waals surface area contributed by atoms with Gasteiger partial charge in [0.15, 0.2) is 0 Å². The molecule has 2 aromatic rings. The van der Waals surface area contributed by atoms with Crippen LogP contribution in [0.3, 0.4) is 0 Å². The molecule has 0 bridgehead atoms. The van der Waals surface area contributed by atoms with E-state index < -0.39 is 10.0 Å². The summed E-state index contributed by atoms with van der Waals surface area (Å²) in [4.78, 5) is 8.45. The van der Waals surface area contributed by atoms with Gasteiger partial charge >= 0.3 is 0 Å². The first-order valence-corrected chi connectivity index (χ1v) is 12.0. The third-order valence-corrected chi connectivity index (χ3v) is 8.13. The second-order valence-corrected chi connectivity index (χ2v) is 9.97. The summed E-state index contributed by atoms with van der Waals surface area (Å²) in [6.07, 6.45) is 3.94. The van der Waals surface area contributed by atoms with Crippen molar-refractivity contribution in [3.63, 3.8) is 0 Å². The Kier molecular flexibility index (Phi) is 6.27. The van der Waals surface area contributed by atoms with Crippen LogP contribution in [-0.4, -0.2) is 68.5 Å². The van der Waals surface area contributed by atoms with E-state index in [1.54, 1.807) is 23.5 Å². The Morgan fingerprint density at radius 3 is 2.57 bits per heavy atom. The highest BCUT2D eigenvalue weighted by Crippen LogP contribution is 2.28. The van der Waals surface area contributed by atoms with E-state index in [1.165, 1.54) is 28.2 Å². The lowest BCUT2D eigenvalue weighted by atomic mass is 10.2. The Bertz CT molecular complexity index is 844. The van der Waals surface area contributed by atoms with Gasteiger partial charge < -0.3 is 10.1 Å². The van der Waals surface area contributed by atoms with Crippen molar-refractivity contribution >= 4 is 27.2 Å². The normalized spacial score (nSPS) is 20.3. The van der Waals surface area contributed by atoms with Gasteiger partial charge in [-0.2, -0.15) is 4.31 Å². The van der Waals surface area contributed by atoms with Crippen molar-refractivity contribution in [1.82, 2.24) is 14.2 Å². The van der Waals surface area contributed by atoms with Crippen molar-refractivity contribution in [2.75, 3.05) is 51.3 Å². The van der Waals surface area contributed by atoms with E-state index in [-0.39, 0.29) is 4.90 Å². The van der Waals surface area contributed by atoms with Crippen molar-refractivity contribution in [2.45, 2.75) is 23.8 Å². The molecule has 1 N–H and O–H groups in total. The molecule has 1 atom stereocenters. The fraction of sp³-hybridized carbons (Fsp3) is 0.526. The van der Waals surface area contributed by atoms with Crippen molar-refractivity contribution in [3.8, 4) is 0 Å². The second-order valence-electron chi connectivity index (χ2n) is 7.05. The molecule has 0 aromatic carbocycles. The van der Waals surface area contributed by atoms with Crippen LogP contribution in [0.5, 0.6) is 0 Å². The molecule has 0 saturated carbocycles. The topological polar surface area (TPSA) is 74.8 Å². The molecule has 0 spiro atoms. The van der Waals surface area contributed by atoms with Gasteiger partial charge in [0.05, 0.1) is 19.3 Å². The molecule has 9 heteroatoms. The smallest absolute Gasteiger partial charge is 0.244 e. The quantitative estimate of drug-likeness (QED) is 0.739. The minimum absolute atomic E-state index is 0.231. The monoisotopic (exact) mass is 422 g/mol. The van der Waals surface area contributed by atoms with Crippen molar-refractivity contribution in [1.29, 1.82) is 0 Å². The van der Waals surface area contributed by atoms with Gasteiger partial charge in [0.25, 0.3) is 0 Å². The molecular formula is C19H26N4O3S2. The molecule has 2 aliphatic rings. The Morgan fingerprint density at radius 2 is 1.93 bits per heavy atom. The number of hydrogen-bond donors (Lipinski definition) is 1. The predicted octanol–water partition coefficient (Wildman–Crippen LogP) is 2.41. The van der Waals surface area contributed by atoms with Crippen molar-refractivity contribution in [3.05, 3.63) is 40.7 Å². The predicted molar refractivity (Wildman–Crippen MR) is 110 cm³/mol. The third kappa shape index (κ3) is 4.38. The summed E-state index contributed by atoms with van der Waals surface area (Å²) in [5.74, 6) is 0.696. The highest BCUT2D eigenvalue weighted by atomic mass is 32.2. The number of pyridine rings is 1. The molecule has 2 fully saturated rings. The highest BCUT2D eigenvalue weighted by molar-refractivity contribution is 7.89. The van der Waals surface area contributed by atoms with E-state index in [2.05, 4.69) is 32.7 Å². The number of morpholine rings is 1. The Labute approximate surface area is 170 Å². The van der Waals surface area contributed by atoms with Gasteiger partial charge in [0.2, 0.25) is 10.0 Å². The number of nitrogens with zero attached hydrogens (tertiary/aromatic N) is 3. The number of sulfonamides is 1. The maximum atomic E-state index is 12.7. The van der Waals surface area contributed by atoms with Gasteiger partial charge in [-0.05, 0) is 49.5 Å². The number of likely N-dealkylation sites (tertiary alicyclic amines) is 1. The zero-order chi connectivity index (χ0) is 19.4. The summed E-state index contributed by atoms with van der Waals surface area (Å²) in [6.45, 7) is 4.65. The maximum absolute atomic E-state index is 12.7. The molecule has 0 radical (unpaired) electrons. The van der Waals surface area contributed by atoms with E-state index in [1.807, 2.05) is 0 Å². The van der Waals surface area contributed by atoms with Crippen LogP contribution in [0.25, 0.3) is 0 Å². The van der Waals surface area contributed by atoms with Gasteiger partial charge in [-0.3, -0.25) is 4.90 Å².